The van der Waals surface area contributed by atoms with Gasteiger partial charge in [0.25, 0.3) is 0 Å². The van der Waals surface area contributed by atoms with Crippen LogP contribution in [0.2, 0.25) is 0 Å². The first-order chi connectivity index (χ1) is 10.2. The number of ether oxygens (including phenoxy) is 1. The predicted octanol–water partition coefficient (Wildman–Crippen LogP) is 3.31. The molecule has 0 radical (unpaired) electrons. The van der Waals surface area contributed by atoms with Crippen LogP contribution in [0.5, 0.6) is 5.75 Å². The number of carboxylic acid groups (broad SMARTS) is 1. The number of carbonyl (C=O) groups is 1. The number of methoxy groups -OCH3 is 1. The van der Waals surface area contributed by atoms with Crippen molar-refractivity contribution in [2.75, 3.05) is 7.11 Å². The molecule has 2 aromatic carbocycles. The van der Waals surface area contributed by atoms with Crippen molar-refractivity contribution in [2.24, 2.45) is 0 Å². The van der Waals surface area contributed by atoms with E-state index < -0.39 is 11.4 Å². The summed E-state index contributed by atoms with van der Waals surface area (Å²) >= 11 is 0. The van der Waals surface area contributed by atoms with Crippen LogP contribution in [0.25, 0.3) is 0 Å². The monoisotopic (exact) mass is 280 g/mol. The van der Waals surface area contributed by atoms with Crippen molar-refractivity contribution in [1.29, 1.82) is 0 Å². The Bertz CT molecular complexity index is 750. The highest BCUT2D eigenvalue weighted by molar-refractivity contribution is 5.90. The number of benzene rings is 2. The summed E-state index contributed by atoms with van der Waals surface area (Å²) in [6.45, 7) is 0. The van der Waals surface area contributed by atoms with Crippen LogP contribution >= 0.6 is 0 Å². The van der Waals surface area contributed by atoms with Crippen LogP contribution in [0.4, 0.5) is 0 Å². The molecule has 3 heteroatoms. The Kier molecular flexibility index (Phi) is 2.43. The smallest absolute Gasteiger partial charge is 0.318 e. The van der Waals surface area contributed by atoms with E-state index in [4.69, 9.17) is 4.74 Å². The Morgan fingerprint density at radius 2 is 1.95 bits per heavy atom. The van der Waals surface area contributed by atoms with E-state index >= 15 is 0 Å². The van der Waals surface area contributed by atoms with E-state index in [1.807, 2.05) is 36.4 Å². The van der Waals surface area contributed by atoms with E-state index in [9.17, 15) is 9.90 Å². The third-order valence-corrected chi connectivity index (χ3v) is 5.06. The zero-order valence-electron chi connectivity index (χ0n) is 11.8. The van der Waals surface area contributed by atoms with Gasteiger partial charge in [-0.05, 0) is 47.2 Å². The van der Waals surface area contributed by atoms with E-state index in [0.29, 0.717) is 12.3 Å². The molecule has 2 unspecified atom stereocenters. The van der Waals surface area contributed by atoms with Gasteiger partial charge in [0.15, 0.2) is 0 Å². The van der Waals surface area contributed by atoms with Crippen LogP contribution in [-0.2, 0) is 10.2 Å². The fraction of sp³-hybridized carbons (Fsp3) is 0.278. The van der Waals surface area contributed by atoms with Crippen LogP contribution in [-0.4, -0.2) is 18.2 Å². The quantitative estimate of drug-likeness (QED) is 0.918. The molecule has 3 aliphatic rings. The fourth-order valence-corrected chi connectivity index (χ4v) is 4.12. The molecule has 2 aromatic rings. The average Bonchev–Trinajstić information content (AvgIpc) is 2.54. The molecule has 0 amide bonds. The molecule has 0 aliphatic heterocycles. The Hall–Kier alpha value is -2.29. The Morgan fingerprint density at radius 3 is 2.71 bits per heavy atom. The molecule has 3 aliphatic carbocycles. The zero-order valence-corrected chi connectivity index (χ0v) is 11.8. The summed E-state index contributed by atoms with van der Waals surface area (Å²) in [6.07, 6.45) is 1.55. The molecule has 3 nitrogen and oxygen atoms in total. The van der Waals surface area contributed by atoms with Crippen molar-refractivity contribution in [3.05, 3.63) is 64.7 Å². The van der Waals surface area contributed by atoms with Crippen molar-refractivity contribution in [1.82, 2.24) is 0 Å². The minimum Gasteiger partial charge on any atom is -0.497 e. The number of aliphatic carboxylic acids is 1. The van der Waals surface area contributed by atoms with Crippen LogP contribution < -0.4 is 4.74 Å². The topological polar surface area (TPSA) is 46.5 Å². The minimum atomic E-state index is -0.921. The first-order valence-electron chi connectivity index (χ1n) is 7.19. The summed E-state index contributed by atoms with van der Waals surface area (Å²) in [5.41, 5.74) is 3.25. The number of fused-ring (bicyclic) bond motifs is 1. The Labute approximate surface area is 123 Å². The lowest BCUT2D eigenvalue weighted by Crippen LogP contribution is -2.46. The number of hydrogen-bond donors (Lipinski definition) is 1. The van der Waals surface area contributed by atoms with Crippen LogP contribution in [0.3, 0.4) is 0 Å². The average molecular weight is 280 g/mol. The maximum atomic E-state index is 12.2. The van der Waals surface area contributed by atoms with E-state index in [0.717, 1.165) is 28.9 Å². The van der Waals surface area contributed by atoms with Gasteiger partial charge in [-0.25, -0.2) is 0 Å². The summed E-state index contributed by atoms with van der Waals surface area (Å²) in [5.74, 6) is 0.269. The van der Waals surface area contributed by atoms with E-state index in [-0.39, 0.29) is 0 Å². The summed E-state index contributed by atoms with van der Waals surface area (Å²) in [4.78, 5) is 12.2. The summed E-state index contributed by atoms with van der Waals surface area (Å²) < 4.78 is 5.31. The standard InChI is InChI=1S/C18H16O3/c1-21-11-6-7-14-12-8-9-18(17(19)20,16(14)10-11)15-5-3-2-4-13(12)15/h2-7,10,12H,8-9H2,1H3,(H,19,20). The maximum absolute atomic E-state index is 12.2. The predicted molar refractivity (Wildman–Crippen MR) is 78.9 cm³/mol. The lowest BCUT2D eigenvalue weighted by atomic mass is 9.55. The molecule has 0 saturated heterocycles. The molecule has 1 N–H and O–H groups in total. The van der Waals surface area contributed by atoms with Crippen LogP contribution in [0.1, 0.15) is 41.0 Å². The molecule has 0 aromatic heterocycles. The number of rotatable bonds is 2. The highest BCUT2D eigenvalue weighted by Crippen LogP contribution is 2.56. The molecule has 0 heterocycles. The Morgan fingerprint density at radius 1 is 1.19 bits per heavy atom. The molecule has 0 spiro atoms. The third kappa shape index (κ3) is 1.41. The van der Waals surface area contributed by atoms with Crippen molar-refractivity contribution in [2.45, 2.75) is 24.2 Å². The molecular formula is C18H16O3. The molecule has 2 bridgehead atoms. The van der Waals surface area contributed by atoms with Gasteiger partial charge in [-0.15, -0.1) is 0 Å². The summed E-state index contributed by atoms with van der Waals surface area (Å²) in [6, 6.07) is 13.8. The second-order valence-corrected chi connectivity index (χ2v) is 5.84. The second kappa shape index (κ2) is 4.10. The molecule has 5 rings (SSSR count). The summed E-state index contributed by atoms with van der Waals surface area (Å²) in [5, 5.41) is 10.0. The number of carboxylic acids is 1. The first-order valence-corrected chi connectivity index (χ1v) is 7.19. The Balaban J connectivity index is 2.08. The van der Waals surface area contributed by atoms with E-state index in [1.54, 1.807) is 7.11 Å². The molecule has 106 valence electrons. The fourth-order valence-electron chi connectivity index (χ4n) is 4.12. The van der Waals surface area contributed by atoms with Crippen molar-refractivity contribution >= 4 is 5.97 Å². The van der Waals surface area contributed by atoms with Gasteiger partial charge in [-0.2, -0.15) is 0 Å². The molecule has 21 heavy (non-hydrogen) atoms. The van der Waals surface area contributed by atoms with Gasteiger partial charge < -0.3 is 9.84 Å². The third-order valence-electron chi connectivity index (χ3n) is 5.06. The van der Waals surface area contributed by atoms with Crippen molar-refractivity contribution in [3.63, 3.8) is 0 Å². The van der Waals surface area contributed by atoms with Gasteiger partial charge in [-0.3, -0.25) is 4.79 Å². The van der Waals surface area contributed by atoms with Crippen LogP contribution in [0, 0.1) is 0 Å². The van der Waals surface area contributed by atoms with E-state index in [2.05, 4.69) is 6.07 Å². The van der Waals surface area contributed by atoms with Gasteiger partial charge in [0, 0.05) is 5.92 Å². The molecule has 2 atom stereocenters. The normalized spacial score (nSPS) is 25.1. The van der Waals surface area contributed by atoms with Crippen molar-refractivity contribution < 1.29 is 14.6 Å². The highest BCUT2D eigenvalue weighted by Gasteiger charge is 2.53. The first kappa shape index (κ1) is 12.5. The van der Waals surface area contributed by atoms with Gasteiger partial charge in [0.2, 0.25) is 0 Å². The van der Waals surface area contributed by atoms with Gasteiger partial charge in [0.05, 0.1) is 7.11 Å². The number of hydrogen-bond acceptors (Lipinski definition) is 2. The lowest BCUT2D eigenvalue weighted by molar-refractivity contribution is -0.143. The SMILES string of the molecule is COc1ccc2c(c1)C1(C(=O)O)CCC2c2ccccc21. The highest BCUT2D eigenvalue weighted by atomic mass is 16.5. The maximum Gasteiger partial charge on any atom is 0.318 e. The zero-order chi connectivity index (χ0) is 14.6. The largest absolute Gasteiger partial charge is 0.497 e. The van der Waals surface area contributed by atoms with Crippen LogP contribution in [0.15, 0.2) is 42.5 Å². The van der Waals surface area contributed by atoms with Gasteiger partial charge in [0.1, 0.15) is 11.2 Å². The molecule has 0 saturated carbocycles. The van der Waals surface area contributed by atoms with Gasteiger partial charge >= 0.3 is 5.97 Å². The summed E-state index contributed by atoms with van der Waals surface area (Å²) in [7, 11) is 1.62. The van der Waals surface area contributed by atoms with Gasteiger partial charge in [-0.1, -0.05) is 30.3 Å². The molecular weight excluding hydrogens is 264 g/mol. The van der Waals surface area contributed by atoms with E-state index in [1.165, 1.54) is 5.56 Å². The second-order valence-electron chi connectivity index (χ2n) is 5.84. The molecule has 0 fully saturated rings. The van der Waals surface area contributed by atoms with Crippen molar-refractivity contribution in [3.8, 4) is 5.75 Å². The lowest BCUT2D eigenvalue weighted by Gasteiger charge is -2.46. The minimum absolute atomic E-state index is 0.309.